The standard InChI is InChI=1S/C11H16N2OS/c14-15(11-6-2-4-8-13-11)9-10-5-1-3-7-12-10/h2,4,6,8,10,12H,1,3,5,7,9H2/t10-,15-/m1/s1. The summed E-state index contributed by atoms with van der Waals surface area (Å²) in [6.07, 6.45) is 5.32. The molecule has 1 aliphatic rings. The summed E-state index contributed by atoms with van der Waals surface area (Å²) in [4.78, 5) is 4.12. The Morgan fingerprint density at radius 2 is 2.40 bits per heavy atom. The Morgan fingerprint density at radius 1 is 1.47 bits per heavy atom. The Bertz CT molecular complexity index is 323. The minimum absolute atomic E-state index is 0.404. The van der Waals surface area contributed by atoms with E-state index in [1.54, 1.807) is 6.20 Å². The van der Waals surface area contributed by atoms with Crippen molar-refractivity contribution in [2.75, 3.05) is 12.3 Å². The smallest absolute Gasteiger partial charge is 0.127 e. The quantitative estimate of drug-likeness (QED) is 0.842. The summed E-state index contributed by atoms with van der Waals surface area (Å²) in [5, 5.41) is 4.10. The van der Waals surface area contributed by atoms with Gasteiger partial charge in [0, 0.05) is 18.0 Å². The van der Waals surface area contributed by atoms with E-state index in [-0.39, 0.29) is 0 Å². The summed E-state index contributed by atoms with van der Waals surface area (Å²) in [5.41, 5.74) is 0. The number of aromatic nitrogens is 1. The first-order valence-corrected chi connectivity index (χ1v) is 6.71. The average Bonchev–Trinajstić information content (AvgIpc) is 2.31. The lowest BCUT2D eigenvalue weighted by Crippen LogP contribution is -2.38. The molecule has 4 heteroatoms. The average molecular weight is 224 g/mol. The number of rotatable bonds is 3. The SMILES string of the molecule is O=[S@](C[C@H]1CCCCN1)c1ccccn1. The zero-order valence-electron chi connectivity index (χ0n) is 8.69. The Labute approximate surface area is 92.8 Å². The van der Waals surface area contributed by atoms with Gasteiger partial charge in [-0.15, -0.1) is 0 Å². The van der Waals surface area contributed by atoms with Crippen LogP contribution in [0.5, 0.6) is 0 Å². The number of piperidine rings is 1. The summed E-state index contributed by atoms with van der Waals surface area (Å²) >= 11 is 0. The minimum Gasteiger partial charge on any atom is -0.313 e. The molecule has 0 saturated carbocycles. The van der Waals surface area contributed by atoms with Crippen LogP contribution in [0, 0.1) is 0 Å². The lowest BCUT2D eigenvalue weighted by molar-refractivity contribution is 0.427. The van der Waals surface area contributed by atoms with Crippen molar-refractivity contribution in [1.82, 2.24) is 10.3 Å². The fraction of sp³-hybridized carbons (Fsp3) is 0.545. The van der Waals surface area contributed by atoms with Crippen molar-refractivity contribution in [2.24, 2.45) is 0 Å². The number of pyridine rings is 1. The van der Waals surface area contributed by atoms with Gasteiger partial charge in [-0.3, -0.25) is 4.21 Å². The van der Waals surface area contributed by atoms with E-state index >= 15 is 0 Å². The number of nitrogens with zero attached hydrogens (tertiary/aromatic N) is 1. The molecule has 0 bridgehead atoms. The van der Waals surface area contributed by atoms with Crippen molar-refractivity contribution in [3.05, 3.63) is 24.4 Å². The first-order chi connectivity index (χ1) is 7.36. The molecule has 0 aromatic carbocycles. The van der Waals surface area contributed by atoms with Crippen LogP contribution < -0.4 is 5.32 Å². The minimum atomic E-state index is -0.955. The zero-order valence-corrected chi connectivity index (χ0v) is 9.50. The molecule has 1 saturated heterocycles. The summed E-state index contributed by atoms with van der Waals surface area (Å²) in [5.74, 6) is 0.691. The Hall–Kier alpha value is -0.740. The summed E-state index contributed by atoms with van der Waals surface area (Å²) in [6, 6.07) is 5.97. The van der Waals surface area contributed by atoms with Crippen LogP contribution in [-0.4, -0.2) is 27.5 Å². The molecule has 2 heterocycles. The van der Waals surface area contributed by atoms with Crippen molar-refractivity contribution in [2.45, 2.75) is 30.3 Å². The summed E-state index contributed by atoms with van der Waals surface area (Å²) in [7, 11) is -0.955. The van der Waals surface area contributed by atoms with E-state index < -0.39 is 10.8 Å². The third-order valence-electron chi connectivity index (χ3n) is 2.64. The van der Waals surface area contributed by atoms with Crippen LogP contribution in [0.3, 0.4) is 0 Å². The molecule has 0 unspecified atom stereocenters. The highest BCUT2D eigenvalue weighted by Crippen LogP contribution is 2.10. The molecule has 15 heavy (non-hydrogen) atoms. The van der Waals surface area contributed by atoms with E-state index in [1.807, 2.05) is 18.2 Å². The van der Waals surface area contributed by atoms with Gasteiger partial charge in [-0.25, -0.2) is 4.98 Å². The highest BCUT2D eigenvalue weighted by atomic mass is 32.2. The molecule has 0 spiro atoms. The van der Waals surface area contributed by atoms with Gasteiger partial charge >= 0.3 is 0 Å². The van der Waals surface area contributed by atoms with Crippen molar-refractivity contribution in [1.29, 1.82) is 0 Å². The zero-order chi connectivity index (χ0) is 10.5. The predicted molar refractivity (Wildman–Crippen MR) is 61.2 cm³/mol. The molecule has 1 fully saturated rings. The third kappa shape index (κ3) is 3.11. The monoisotopic (exact) mass is 224 g/mol. The molecular weight excluding hydrogens is 208 g/mol. The first-order valence-electron chi connectivity index (χ1n) is 5.39. The summed E-state index contributed by atoms with van der Waals surface area (Å²) < 4.78 is 11.9. The molecule has 0 amide bonds. The van der Waals surface area contributed by atoms with Crippen LogP contribution in [0.2, 0.25) is 0 Å². The molecule has 1 N–H and O–H groups in total. The highest BCUT2D eigenvalue weighted by Gasteiger charge is 2.16. The fourth-order valence-electron chi connectivity index (χ4n) is 1.82. The topological polar surface area (TPSA) is 42.0 Å². The maximum atomic E-state index is 11.9. The Balaban J connectivity index is 1.91. The molecule has 3 nitrogen and oxygen atoms in total. The normalized spacial score (nSPS) is 23.6. The molecule has 2 atom stereocenters. The van der Waals surface area contributed by atoms with Gasteiger partial charge in [-0.1, -0.05) is 12.5 Å². The second-order valence-electron chi connectivity index (χ2n) is 3.83. The van der Waals surface area contributed by atoms with Crippen LogP contribution in [0.4, 0.5) is 0 Å². The fourth-order valence-corrected chi connectivity index (χ4v) is 3.05. The van der Waals surface area contributed by atoms with Gasteiger partial charge in [0.1, 0.15) is 5.03 Å². The van der Waals surface area contributed by atoms with Gasteiger partial charge in [0.15, 0.2) is 0 Å². The van der Waals surface area contributed by atoms with Crippen LogP contribution in [-0.2, 0) is 10.8 Å². The second kappa shape index (κ2) is 5.37. The third-order valence-corrected chi connectivity index (χ3v) is 4.05. The van der Waals surface area contributed by atoms with Gasteiger partial charge < -0.3 is 5.32 Å². The van der Waals surface area contributed by atoms with E-state index in [0.717, 1.165) is 13.0 Å². The maximum absolute atomic E-state index is 11.9. The van der Waals surface area contributed by atoms with E-state index in [9.17, 15) is 4.21 Å². The molecule has 0 aliphatic carbocycles. The van der Waals surface area contributed by atoms with Crippen LogP contribution >= 0.6 is 0 Å². The van der Waals surface area contributed by atoms with Crippen molar-refractivity contribution in [3.63, 3.8) is 0 Å². The Morgan fingerprint density at radius 3 is 3.07 bits per heavy atom. The molecule has 82 valence electrons. The second-order valence-corrected chi connectivity index (χ2v) is 5.27. The predicted octanol–water partition coefficient (Wildman–Crippen LogP) is 1.33. The Kier molecular flexibility index (Phi) is 3.86. The van der Waals surface area contributed by atoms with E-state index in [1.165, 1.54) is 12.8 Å². The lowest BCUT2D eigenvalue weighted by atomic mass is 10.1. The van der Waals surface area contributed by atoms with E-state index in [4.69, 9.17) is 0 Å². The molecule has 2 rings (SSSR count). The van der Waals surface area contributed by atoms with Crippen LogP contribution in [0.25, 0.3) is 0 Å². The van der Waals surface area contributed by atoms with Gasteiger partial charge in [-0.05, 0) is 31.5 Å². The van der Waals surface area contributed by atoms with Crippen molar-refractivity contribution in [3.8, 4) is 0 Å². The number of hydrogen-bond donors (Lipinski definition) is 1. The summed E-state index contributed by atoms with van der Waals surface area (Å²) in [6.45, 7) is 1.06. The first kappa shape index (κ1) is 10.8. The number of hydrogen-bond acceptors (Lipinski definition) is 3. The molecule has 1 aliphatic heterocycles. The molecular formula is C11H16N2OS. The van der Waals surface area contributed by atoms with Crippen molar-refractivity contribution >= 4 is 10.8 Å². The largest absolute Gasteiger partial charge is 0.313 e. The van der Waals surface area contributed by atoms with E-state index in [2.05, 4.69) is 10.3 Å². The van der Waals surface area contributed by atoms with Gasteiger partial charge in [-0.2, -0.15) is 0 Å². The maximum Gasteiger partial charge on any atom is 0.127 e. The van der Waals surface area contributed by atoms with Crippen LogP contribution in [0.1, 0.15) is 19.3 Å². The van der Waals surface area contributed by atoms with Gasteiger partial charge in [0.2, 0.25) is 0 Å². The van der Waals surface area contributed by atoms with E-state index in [0.29, 0.717) is 16.8 Å². The highest BCUT2D eigenvalue weighted by molar-refractivity contribution is 7.85. The molecule has 1 aromatic heterocycles. The van der Waals surface area contributed by atoms with Crippen molar-refractivity contribution < 1.29 is 4.21 Å². The number of nitrogens with one attached hydrogen (secondary N) is 1. The molecule has 0 radical (unpaired) electrons. The van der Waals surface area contributed by atoms with Crippen LogP contribution in [0.15, 0.2) is 29.4 Å². The van der Waals surface area contributed by atoms with Gasteiger partial charge in [0.05, 0.1) is 10.8 Å². The lowest BCUT2D eigenvalue weighted by Gasteiger charge is -2.22. The molecule has 1 aromatic rings. The van der Waals surface area contributed by atoms with Gasteiger partial charge in [0.25, 0.3) is 0 Å².